The largest absolute Gasteiger partial charge is 0.343 e. The summed E-state index contributed by atoms with van der Waals surface area (Å²) < 4.78 is 0. The number of amides is 1. The molecule has 0 fully saturated rings. The molecule has 3 heteroatoms. The van der Waals surface area contributed by atoms with Gasteiger partial charge in [-0.15, -0.1) is 0 Å². The number of hydrogen-bond acceptors (Lipinski definition) is 2. The van der Waals surface area contributed by atoms with Gasteiger partial charge in [0.1, 0.15) is 0 Å². The summed E-state index contributed by atoms with van der Waals surface area (Å²) in [6.07, 6.45) is 0.692. The van der Waals surface area contributed by atoms with Crippen molar-refractivity contribution in [2.75, 3.05) is 17.3 Å². The van der Waals surface area contributed by atoms with Crippen LogP contribution in [0.3, 0.4) is 0 Å². The first-order chi connectivity index (χ1) is 8.33. The Hall–Kier alpha value is -2.29. The predicted octanol–water partition coefficient (Wildman–Crippen LogP) is 3.02. The minimum atomic E-state index is 0.692. The van der Waals surface area contributed by atoms with E-state index >= 15 is 0 Å². The van der Waals surface area contributed by atoms with Crippen molar-refractivity contribution in [1.82, 2.24) is 0 Å². The SMILES string of the molecule is CN(c1ccccc1)c1ccccc1NC=O. The van der Waals surface area contributed by atoms with Crippen LogP contribution >= 0.6 is 0 Å². The Bertz CT molecular complexity index is 497. The predicted molar refractivity (Wildman–Crippen MR) is 70.6 cm³/mol. The lowest BCUT2D eigenvalue weighted by Gasteiger charge is -2.22. The number of carbonyl (C=O) groups is 1. The Balaban J connectivity index is 2.37. The lowest BCUT2D eigenvalue weighted by molar-refractivity contribution is -0.105. The minimum Gasteiger partial charge on any atom is -0.343 e. The van der Waals surface area contributed by atoms with Crippen molar-refractivity contribution in [1.29, 1.82) is 0 Å². The van der Waals surface area contributed by atoms with Gasteiger partial charge in [0.25, 0.3) is 0 Å². The van der Waals surface area contributed by atoms with Crippen LogP contribution in [0, 0.1) is 0 Å². The molecule has 0 spiro atoms. The second-order valence-electron chi connectivity index (χ2n) is 3.67. The van der Waals surface area contributed by atoms with Gasteiger partial charge in [0.15, 0.2) is 0 Å². The highest BCUT2D eigenvalue weighted by molar-refractivity contribution is 5.83. The van der Waals surface area contributed by atoms with E-state index in [0.717, 1.165) is 17.1 Å². The molecule has 0 saturated carbocycles. The van der Waals surface area contributed by atoms with Crippen LogP contribution in [0.1, 0.15) is 0 Å². The van der Waals surface area contributed by atoms with Crippen LogP contribution in [-0.2, 0) is 4.79 Å². The first-order valence-electron chi connectivity index (χ1n) is 5.41. The highest BCUT2D eigenvalue weighted by Gasteiger charge is 2.07. The second kappa shape index (κ2) is 5.16. The normalized spacial score (nSPS) is 9.71. The Kier molecular flexibility index (Phi) is 3.40. The number of carbonyl (C=O) groups excluding carboxylic acids is 1. The molecule has 0 aliphatic heterocycles. The average molecular weight is 226 g/mol. The maximum atomic E-state index is 10.6. The molecule has 0 saturated heterocycles. The molecule has 1 N–H and O–H groups in total. The quantitative estimate of drug-likeness (QED) is 0.813. The van der Waals surface area contributed by atoms with E-state index in [9.17, 15) is 4.79 Å². The summed E-state index contributed by atoms with van der Waals surface area (Å²) in [5.74, 6) is 0. The zero-order chi connectivity index (χ0) is 12.1. The van der Waals surface area contributed by atoms with Crippen LogP contribution in [-0.4, -0.2) is 13.5 Å². The molecule has 2 aromatic rings. The number of benzene rings is 2. The minimum absolute atomic E-state index is 0.692. The van der Waals surface area contributed by atoms with E-state index in [4.69, 9.17) is 0 Å². The molecule has 0 atom stereocenters. The monoisotopic (exact) mass is 226 g/mol. The topological polar surface area (TPSA) is 32.3 Å². The van der Waals surface area contributed by atoms with Crippen LogP contribution in [0.4, 0.5) is 17.1 Å². The highest BCUT2D eigenvalue weighted by atomic mass is 16.1. The van der Waals surface area contributed by atoms with E-state index in [1.165, 1.54) is 0 Å². The van der Waals surface area contributed by atoms with Gasteiger partial charge < -0.3 is 10.2 Å². The van der Waals surface area contributed by atoms with E-state index in [-0.39, 0.29) is 0 Å². The summed E-state index contributed by atoms with van der Waals surface area (Å²) in [6, 6.07) is 17.7. The third-order valence-electron chi connectivity index (χ3n) is 2.62. The standard InChI is InChI=1S/C14H14N2O/c1-16(12-7-3-2-4-8-12)14-10-6-5-9-13(14)15-11-17/h2-11H,1H3,(H,15,17). The third kappa shape index (κ3) is 2.45. The van der Waals surface area contributed by atoms with Gasteiger partial charge in [0.05, 0.1) is 11.4 Å². The van der Waals surface area contributed by atoms with Crippen LogP contribution in [0.5, 0.6) is 0 Å². The molecular formula is C14H14N2O. The van der Waals surface area contributed by atoms with Gasteiger partial charge in [0, 0.05) is 12.7 Å². The van der Waals surface area contributed by atoms with Crippen molar-refractivity contribution in [3.05, 3.63) is 54.6 Å². The number of anilines is 3. The van der Waals surface area contributed by atoms with Gasteiger partial charge in [-0.25, -0.2) is 0 Å². The van der Waals surface area contributed by atoms with Gasteiger partial charge in [0.2, 0.25) is 6.41 Å². The van der Waals surface area contributed by atoms with E-state index in [2.05, 4.69) is 5.32 Å². The third-order valence-corrected chi connectivity index (χ3v) is 2.62. The molecule has 0 aromatic heterocycles. The van der Waals surface area contributed by atoms with Gasteiger partial charge in [-0.05, 0) is 24.3 Å². The van der Waals surface area contributed by atoms with Gasteiger partial charge >= 0.3 is 0 Å². The summed E-state index contributed by atoms with van der Waals surface area (Å²) in [5, 5.41) is 2.70. The number of rotatable bonds is 4. The smallest absolute Gasteiger partial charge is 0.211 e. The van der Waals surface area contributed by atoms with E-state index < -0.39 is 0 Å². The summed E-state index contributed by atoms with van der Waals surface area (Å²) in [7, 11) is 1.97. The zero-order valence-electron chi connectivity index (χ0n) is 9.63. The molecule has 17 heavy (non-hydrogen) atoms. The summed E-state index contributed by atoms with van der Waals surface area (Å²) >= 11 is 0. The van der Waals surface area contributed by atoms with Gasteiger partial charge in [-0.1, -0.05) is 30.3 Å². The summed E-state index contributed by atoms with van der Waals surface area (Å²) in [5.41, 5.74) is 2.84. The molecule has 0 aliphatic carbocycles. The first kappa shape index (κ1) is 11.2. The molecule has 3 nitrogen and oxygen atoms in total. The molecule has 1 amide bonds. The molecule has 2 rings (SSSR count). The van der Waals surface area contributed by atoms with Crippen molar-refractivity contribution in [2.24, 2.45) is 0 Å². The van der Waals surface area contributed by atoms with E-state index in [1.54, 1.807) is 0 Å². The molecule has 0 unspecified atom stereocenters. The van der Waals surface area contributed by atoms with E-state index in [1.807, 2.05) is 66.5 Å². The van der Waals surface area contributed by atoms with Crippen molar-refractivity contribution >= 4 is 23.5 Å². The van der Waals surface area contributed by atoms with Gasteiger partial charge in [-0.2, -0.15) is 0 Å². The van der Waals surface area contributed by atoms with Crippen molar-refractivity contribution in [3.8, 4) is 0 Å². The van der Waals surface area contributed by atoms with E-state index in [0.29, 0.717) is 6.41 Å². The van der Waals surface area contributed by atoms with Crippen LogP contribution in [0.2, 0.25) is 0 Å². The summed E-state index contributed by atoms with van der Waals surface area (Å²) in [6.45, 7) is 0. The number of nitrogens with zero attached hydrogens (tertiary/aromatic N) is 1. The van der Waals surface area contributed by atoms with Crippen molar-refractivity contribution < 1.29 is 4.79 Å². The zero-order valence-corrected chi connectivity index (χ0v) is 9.63. The first-order valence-corrected chi connectivity index (χ1v) is 5.41. The molecule has 0 radical (unpaired) electrons. The molecule has 0 aliphatic rings. The fraction of sp³-hybridized carbons (Fsp3) is 0.0714. The molecular weight excluding hydrogens is 212 g/mol. The maximum absolute atomic E-state index is 10.6. The Morgan fingerprint density at radius 2 is 1.65 bits per heavy atom. The average Bonchev–Trinajstić information content (AvgIpc) is 2.40. The number of hydrogen-bond donors (Lipinski definition) is 1. The number of nitrogens with one attached hydrogen (secondary N) is 1. The molecule has 0 heterocycles. The molecule has 0 bridgehead atoms. The number of para-hydroxylation sites is 3. The second-order valence-corrected chi connectivity index (χ2v) is 3.67. The molecule has 2 aromatic carbocycles. The Morgan fingerprint density at radius 1 is 1.00 bits per heavy atom. The van der Waals surface area contributed by atoms with Crippen LogP contribution < -0.4 is 10.2 Å². The van der Waals surface area contributed by atoms with Crippen molar-refractivity contribution in [2.45, 2.75) is 0 Å². The maximum Gasteiger partial charge on any atom is 0.211 e. The van der Waals surface area contributed by atoms with Gasteiger partial charge in [-0.3, -0.25) is 4.79 Å². The fourth-order valence-electron chi connectivity index (χ4n) is 1.74. The fourth-order valence-corrected chi connectivity index (χ4v) is 1.74. The molecule has 86 valence electrons. The van der Waals surface area contributed by atoms with Crippen molar-refractivity contribution in [3.63, 3.8) is 0 Å². The van der Waals surface area contributed by atoms with Crippen LogP contribution in [0.25, 0.3) is 0 Å². The Morgan fingerprint density at radius 3 is 2.35 bits per heavy atom. The lowest BCUT2D eigenvalue weighted by Crippen LogP contribution is -2.11. The Labute approximate surface area is 101 Å². The highest BCUT2D eigenvalue weighted by Crippen LogP contribution is 2.29. The summed E-state index contributed by atoms with van der Waals surface area (Å²) in [4.78, 5) is 12.6. The lowest BCUT2D eigenvalue weighted by atomic mass is 10.2. The van der Waals surface area contributed by atoms with Crippen LogP contribution in [0.15, 0.2) is 54.6 Å².